The SMILES string of the molecule is O=C(O)C(=O)O.c1ccc(ON2CCCCC2)cc1. The molecule has 1 fully saturated rings. The second-order valence-electron chi connectivity index (χ2n) is 4.00. The van der Waals surface area contributed by atoms with E-state index in [9.17, 15) is 0 Å². The van der Waals surface area contributed by atoms with Gasteiger partial charge in [0.25, 0.3) is 0 Å². The molecular formula is C13H17NO5. The molecule has 2 rings (SSSR count). The lowest BCUT2D eigenvalue weighted by Crippen LogP contribution is -2.32. The number of para-hydroxylation sites is 1. The zero-order valence-electron chi connectivity index (χ0n) is 10.5. The molecule has 0 aliphatic carbocycles. The number of aliphatic carboxylic acids is 2. The van der Waals surface area contributed by atoms with Gasteiger partial charge in [-0.2, -0.15) is 0 Å². The van der Waals surface area contributed by atoms with Gasteiger partial charge in [-0.15, -0.1) is 5.06 Å². The smallest absolute Gasteiger partial charge is 0.414 e. The van der Waals surface area contributed by atoms with Crippen LogP contribution in [0.3, 0.4) is 0 Å². The van der Waals surface area contributed by atoms with E-state index in [1.807, 2.05) is 30.3 Å². The third kappa shape index (κ3) is 6.42. The molecule has 1 heterocycles. The van der Waals surface area contributed by atoms with Crippen molar-refractivity contribution >= 4 is 11.9 Å². The van der Waals surface area contributed by atoms with E-state index in [1.165, 1.54) is 19.3 Å². The van der Waals surface area contributed by atoms with Crippen LogP contribution in [0.25, 0.3) is 0 Å². The van der Waals surface area contributed by atoms with Crippen LogP contribution in [0.5, 0.6) is 5.75 Å². The molecule has 6 nitrogen and oxygen atoms in total. The van der Waals surface area contributed by atoms with Gasteiger partial charge in [0.15, 0.2) is 0 Å². The molecule has 0 saturated carbocycles. The van der Waals surface area contributed by atoms with E-state index in [2.05, 4.69) is 5.06 Å². The maximum atomic E-state index is 9.10. The van der Waals surface area contributed by atoms with Crippen LogP contribution in [0.15, 0.2) is 30.3 Å². The molecule has 0 unspecified atom stereocenters. The minimum atomic E-state index is -1.82. The highest BCUT2D eigenvalue weighted by molar-refractivity contribution is 6.27. The Morgan fingerprint density at radius 2 is 1.47 bits per heavy atom. The van der Waals surface area contributed by atoms with Crippen molar-refractivity contribution in [3.05, 3.63) is 30.3 Å². The Morgan fingerprint density at radius 3 is 1.95 bits per heavy atom. The summed E-state index contributed by atoms with van der Waals surface area (Å²) in [5.41, 5.74) is 0. The Bertz CT molecular complexity index is 389. The molecule has 1 saturated heterocycles. The molecule has 0 radical (unpaired) electrons. The first kappa shape index (κ1) is 15.0. The molecule has 1 aliphatic heterocycles. The van der Waals surface area contributed by atoms with Gasteiger partial charge < -0.3 is 15.1 Å². The summed E-state index contributed by atoms with van der Waals surface area (Å²) in [5.74, 6) is -2.70. The van der Waals surface area contributed by atoms with E-state index in [0.29, 0.717) is 0 Å². The van der Waals surface area contributed by atoms with Gasteiger partial charge in [0.1, 0.15) is 5.75 Å². The summed E-state index contributed by atoms with van der Waals surface area (Å²) in [6.45, 7) is 2.13. The van der Waals surface area contributed by atoms with Crippen LogP contribution in [-0.2, 0) is 9.59 Å². The molecule has 19 heavy (non-hydrogen) atoms. The van der Waals surface area contributed by atoms with Crippen molar-refractivity contribution in [3.8, 4) is 5.75 Å². The Labute approximate surface area is 111 Å². The molecule has 1 aromatic rings. The van der Waals surface area contributed by atoms with Gasteiger partial charge in [0.2, 0.25) is 0 Å². The lowest BCUT2D eigenvalue weighted by molar-refractivity contribution is -0.159. The van der Waals surface area contributed by atoms with Gasteiger partial charge in [-0.3, -0.25) is 0 Å². The van der Waals surface area contributed by atoms with Gasteiger partial charge in [0.05, 0.1) is 0 Å². The zero-order valence-corrected chi connectivity index (χ0v) is 10.5. The molecule has 0 bridgehead atoms. The van der Waals surface area contributed by atoms with Crippen LogP contribution in [-0.4, -0.2) is 40.3 Å². The average molecular weight is 267 g/mol. The van der Waals surface area contributed by atoms with E-state index >= 15 is 0 Å². The number of hydroxylamine groups is 2. The molecule has 0 aromatic heterocycles. The second kappa shape index (κ2) is 8.10. The van der Waals surface area contributed by atoms with E-state index in [-0.39, 0.29) is 0 Å². The number of carboxylic acid groups (broad SMARTS) is 2. The summed E-state index contributed by atoms with van der Waals surface area (Å²) in [5, 5.41) is 16.8. The fourth-order valence-corrected chi connectivity index (χ4v) is 1.59. The average Bonchev–Trinajstić information content (AvgIpc) is 2.41. The third-order valence-corrected chi connectivity index (χ3v) is 2.48. The fourth-order valence-electron chi connectivity index (χ4n) is 1.59. The van der Waals surface area contributed by atoms with Crippen molar-refractivity contribution in [2.45, 2.75) is 19.3 Å². The molecule has 104 valence electrons. The molecule has 2 N–H and O–H groups in total. The summed E-state index contributed by atoms with van der Waals surface area (Å²) in [7, 11) is 0. The number of nitrogens with zero attached hydrogens (tertiary/aromatic N) is 1. The molecule has 1 aromatic carbocycles. The lowest BCUT2D eigenvalue weighted by atomic mass is 10.2. The summed E-state index contributed by atoms with van der Waals surface area (Å²) in [4.78, 5) is 23.9. The van der Waals surface area contributed by atoms with Gasteiger partial charge >= 0.3 is 11.9 Å². The minimum absolute atomic E-state index is 0.949. The largest absolute Gasteiger partial charge is 0.473 e. The molecule has 0 atom stereocenters. The van der Waals surface area contributed by atoms with Crippen molar-refractivity contribution in [3.63, 3.8) is 0 Å². The summed E-state index contributed by atoms with van der Waals surface area (Å²) in [6.07, 6.45) is 3.86. The molecule has 1 aliphatic rings. The second-order valence-corrected chi connectivity index (χ2v) is 4.00. The lowest BCUT2D eigenvalue weighted by Gasteiger charge is -2.25. The number of carboxylic acids is 2. The number of carbonyl (C=O) groups is 2. The molecule has 6 heteroatoms. The van der Waals surface area contributed by atoms with Crippen molar-refractivity contribution in [1.29, 1.82) is 0 Å². The molecule has 0 amide bonds. The standard InChI is InChI=1S/C11H15NO.C2H2O4/c1-3-7-11(8-4-1)13-12-9-5-2-6-10-12;3-1(4)2(5)6/h1,3-4,7-8H,2,5-6,9-10H2;(H,3,4)(H,5,6). The maximum Gasteiger partial charge on any atom is 0.414 e. The number of rotatable bonds is 2. The van der Waals surface area contributed by atoms with Gasteiger partial charge in [-0.1, -0.05) is 24.6 Å². The van der Waals surface area contributed by atoms with E-state index in [0.717, 1.165) is 18.8 Å². The first-order chi connectivity index (χ1) is 9.09. The van der Waals surface area contributed by atoms with Crippen LogP contribution >= 0.6 is 0 Å². The van der Waals surface area contributed by atoms with Crippen LogP contribution in [0.1, 0.15) is 19.3 Å². The predicted octanol–water partition coefficient (Wildman–Crippen LogP) is 1.62. The zero-order chi connectivity index (χ0) is 14.1. The van der Waals surface area contributed by atoms with Crippen molar-refractivity contribution < 1.29 is 24.6 Å². The summed E-state index contributed by atoms with van der Waals surface area (Å²) >= 11 is 0. The van der Waals surface area contributed by atoms with Gasteiger partial charge in [-0.05, 0) is 25.0 Å². The highest BCUT2D eigenvalue weighted by atomic mass is 16.7. The predicted molar refractivity (Wildman–Crippen MR) is 67.8 cm³/mol. The van der Waals surface area contributed by atoms with E-state index in [4.69, 9.17) is 24.6 Å². The minimum Gasteiger partial charge on any atom is -0.473 e. The highest BCUT2D eigenvalue weighted by Crippen LogP contribution is 2.14. The Hall–Kier alpha value is -2.08. The Balaban J connectivity index is 0.000000258. The highest BCUT2D eigenvalue weighted by Gasteiger charge is 2.10. The summed E-state index contributed by atoms with van der Waals surface area (Å²) in [6, 6.07) is 9.99. The van der Waals surface area contributed by atoms with Crippen LogP contribution in [0.4, 0.5) is 0 Å². The molecular weight excluding hydrogens is 250 g/mol. The number of piperidine rings is 1. The summed E-state index contributed by atoms with van der Waals surface area (Å²) < 4.78 is 0. The Morgan fingerprint density at radius 1 is 0.947 bits per heavy atom. The van der Waals surface area contributed by atoms with Crippen molar-refractivity contribution in [1.82, 2.24) is 5.06 Å². The number of benzene rings is 1. The van der Waals surface area contributed by atoms with Crippen LogP contribution in [0.2, 0.25) is 0 Å². The van der Waals surface area contributed by atoms with Crippen LogP contribution < -0.4 is 4.84 Å². The first-order valence-corrected chi connectivity index (χ1v) is 6.04. The monoisotopic (exact) mass is 267 g/mol. The Kier molecular flexibility index (Phi) is 6.38. The fraction of sp³-hybridized carbons (Fsp3) is 0.385. The number of hydrogen-bond donors (Lipinski definition) is 2. The van der Waals surface area contributed by atoms with Crippen molar-refractivity contribution in [2.75, 3.05) is 13.1 Å². The van der Waals surface area contributed by atoms with Crippen molar-refractivity contribution in [2.24, 2.45) is 0 Å². The van der Waals surface area contributed by atoms with E-state index < -0.39 is 11.9 Å². The third-order valence-electron chi connectivity index (χ3n) is 2.48. The van der Waals surface area contributed by atoms with Gasteiger partial charge in [-0.25, -0.2) is 9.59 Å². The topological polar surface area (TPSA) is 87.1 Å². The molecule has 0 spiro atoms. The maximum absolute atomic E-state index is 9.10. The first-order valence-electron chi connectivity index (χ1n) is 6.04. The normalized spacial score (nSPS) is 14.9. The van der Waals surface area contributed by atoms with Gasteiger partial charge in [0, 0.05) is 13.1 Å². The quantitative estimate of drug-likeness (QED) is 0.792. The number of hydrogen-bond acceptors (Lipinski definition) is 4. The van der Waals surface area contributed by atoms with E-state index in [1.54, 1.807) is 0 Å². The van der Waals surface area contributed by atoms with Crippen LogP contribution in [0, 0.1) is 0 Å².